The highest BCUT2D eigenvalue weighted by Crippen LogP contribution is 2.62. The van der Waals surface area contributed by atoms with Crippen molar-refractivity contribution in [2.75, 3.05) is 13.1 Å². The van der Waals surface area contributed by atoms with Gasteiger partial charge >= 0.3 is 5.97 Å². The predicted molar refractivity (Wildman–Crippen MR) is 106 cm³/mol. The first-order chi connectivity index (χ1) is 13.2. The largest absolute Gasteiger partial charge is 0.481 e. The molecule has 6 nitrogen and oxygen atoms in total. The third-order valence-electron chi connectivity index (χ3n) is 6.80. The molecule has 1 saturated heterocycles. The molecule has 1 aliphatic heterocycles. The molecule has 4 rings (SSSR count). The number of carboxylic acid groups (broad SMARTS) is 1. The van der Waals surface area contributed by atoms with E-state index in [1.165, 1.54) is 0 Å². The number of benzene rings is 1. The summed E-state index contributed by atoms with van der Waals surface area (Å²) in [7, 11) is 0. The van der Waals surface area contributed by atoms with Gasteiger partial charge in [0.25, 0.3) is 5.91 Å². The number of carbonyl (C=O) groups is 2. The van der Waals surface area contributed by atoms with Crippen LogP contribution in [0.25, 0.3) is 5.69 Å². The number of carbonyl (C=O) groups excluding carboxylic acids is 1. The van der Waals surface area contributed by atoms with Crippen LogP contribution in [0.4, 0.5) is 0 Å². The van der Waals surface area contributed by atoms with Crippen LogP contribution in [-0.2, 0) is 11.2 Å². The number of hydrogen-bond donors (Lipinski definition) is 1. The maximum Gasteiger partial charge on any atom is 0.303 e. The van der Waals surface area contributed by atoms with E-state index in [0.717, 1.165) is 35.7 Å². The van der Waals surface area contributed by atoms with Gasteiger partial charge in [0.15, 0.2) is 0 Å². The Morgan fingerprint density at radius 2 is 1.75 bits per heavy atom. The molecule has 1 aromatic heterocycles. The molecule has 6 heteroatoms. The molecule has 0 radical (unpaired) electrons. The van der Waals surface area contributed by atoms with Crippen molar-refractivity contribution in [1.82, 2.24) is 14.7 Å². The van der Waals surface area contributed by atoms with Crippen LogP contribution in [0.3, 0.4) is 0 Å². The van der Waals surface area contributed by atoms with Crippen LogP contribution >= 0.6 is 0 Å². The number of carboxylic acids is 1. The van der Waals surface area contributed by atoms with Gasteiger partial charge in [-0.2, -0.15) is 5.10 Å². The van der Waals surface area contributed by atoms with E-state index in [-0.39, 0.29) is 12.3 Å². The minimum atomic E-state index is -0.808. The summed E-state index contributed by atoms with van der Waals surface area (Å²) in [4.78, 5) is 25.6. The molecule has 28 heavy (non-hydrogen) atoms. The molecule has 2 aromatic rings. The molecule has 2 atom stereocenters. The number of aryl methyl sites for hydroxylation is 1. The number of aromatic nitrogens is 2. The summed E-state index contributed by atoms with van der Waals surface area (Å²) in [6.07, 6.45) is 0.562. The minimum absolute atomic E-state index is 0.0927. The first-order valence-electron chi connectivity index (χ1n) is 9.86. The van der Waals surface area contributed by atoms with Gasteiger partial charge in [0.2, 0.25) is 0 Å². The van der Waals surface area contributed by atoms with Crippen molar-refractivity contribution in [3.8, 4) is 5.69 Å². The Morgan fingerprint density at radius 3 is 2.32 bits per heavy atom. The van der Waals surface area contributed by atoms with E-state index >= 15 is 0 Å². The smallest absolute Gasteiger partial charge is 0.303 e. The highest BCUT2D eigenvalue weighted by molar-refractivity contribution is 5.94. The quantitative estimate of drug-likeness (QED) is 0.863. The van der Waals surface area contributed by atoms with E-state index in [9.17, 15) is 9.59 Å². The molecule has 1 saturated carbocycles. The summed E-state index contributed by atoms with van der Waals surface area (Å²) in [5.74, 6) is 0.590. The Hall–Kier alpha value is -2.63. The van der Waals surface area contributed by atoms with E-state index in [4.69, 9.17) is 5.11 Å². The number of nitrogens with zero attached hydrogens (tertiary/aromatic N) is 3. The third kappa shape index (κ3) is 3.01. The average molecular weight is 381 g/mol. The van der Waals surface area contributed by atoms with E-state index < -0.39 is 5.97 Å². The standard InChI is InChI=1S/C22H27N3O3/c1-13-17(9-10-20(26)27)14(2)25(23-13)16-7-5-15(6-8-16)21(28)24-11-18-19(12-24)22(18,3)4/h5-8,18-19H,9-12H2,1-4H3,(H,26,27). The molecule has 0 spiro atoms. The van der Waals surface area contributed by atoms with E-state index in [0.29, 0.717) is 29.2 Å². The second kappa shape index (κ2) is 6.47. The number of rotatable bonds is 5. The van der Waals surface area contributed by atoms with Gasteiger partial charge in [0.1, 0.15) is 0 Å². The summed E-state index contributed by atoms with van der Waals surface area (Å²) in [5, 5.41) is 13.5. The van der Waals surface area contributed by atoms with Gasteiger partial charge in [0, 0.05) is 30.8 Å². The lowest BCUT2D eigenvalue weighted by atomic mass is 10.1. The van der Waals surface area contributed by atoms with Crippen molar-refractivity contribution in [3.05, 3.63) is 46.8 Å². The van der Waals surface area contributed by atoms with Crippen molar-refractivity contribution in [2.45, 2.75) is 40.5 Å². The van der Waals surface area contributed by atoms with Crippen molar-refractivity contribution in [1.29, 1.82) is 0 Å². The zero-order valence-corrected chi connectivity index (χ0v) is 16.9. The van der Waals surface area contributed by atoms with Crippen LogP contribution in [0.15, 0.2) is 24.3 Å². The monoisotopic (exact) mass is 381 g/mol. The number of piperidine rings is 1. The number of likely N-dealkylation sites (tertiary alicyclic amines) is 1. The lowest BCUT2D eigenvalue weighted by molar-refractivity contribution is -0.136. The molecule has 1 amide bonds. The minimum Gasteiger partial charge on any atom is -0.481 e. The normalized spacial score (nSPS) is 22.2. The van der Waals surface area contributed by atoms with Gasteiger partial charge in [-0.3, -0.25) is 9.59 Å². The molecule has 0 bridgehead atoms. The van der Waals surface area contributed by atoms with Crippen molar-refractivity contribution < 1.29 is 14.7 Å². The summed E-state index contributed by atoms with van der Waals surface area (Å²) >= 11 is 0. The maximum absolute atomic E-state index is 12.8. The number of aliphatic carboxylic acids is 1. The maximum atomic E-state index is 12.8. The van der Waals surface area contributed by atoms with E-state index in [1.54, 1.807) is 0 Å². The Morgan fingerprint density at radius 1 is 1.14 bits per heavy atom. The molecular weight excluding hydrogens is 354 g/mol. The lowest BCUT2D eigenvalue weighted by Gasteiger charge is -2.22. The highest BCUT2D eigenvalue weighted by atomic mass is 16.4. The van der Waals surface area contributed by atoms with Crippen LogP contribution in [-0.4, -0.2) is 44.8 Å². The third-order valence-corrected chi connectivity index (χ3v) is 6.80. The van der Waals surface area contributed by atoms with E-state index in [1.807, 2.05) is 47.7 Å². The van der Waals surface area contributed by atoms with Gasteiger partial charge in [-0.25, -0.2) is 4.68 Å². The Kier molecular flexibility index (Phi) is 4.32. The van der Waals surface area contributed by atoms with Crippen molar-refractivity contribution >= 4 is 11.9 Å². The lowest BCUT2D eigenvalue weighted by Crippen LogP contribution is -2.32. The van der Waals surface area contributed by atoms with Crippen molar-refractivity contribution in [3.63, 3.8) is 0 Å². The Labute approximate surface area is 165 Å². The van der Waals surface area contributed by atoms with Crippen molar-refractivity contribution in [2.24, 2.45) is 17.3 Å². The van der Waals surface area contributed by atoms with Gasteiger partial charge in [-0.15, -0.1) is 0 Å². The zero-order valence-electron chi connectivity index (χ0n) is 16.9. The molecule has 2 heterocycles. The van der Waals surface area contributed by atoms with Gasteiger partial charge in [-0.1, -0.05) is 13.8 Å². The van der Waals surface area contributed by atoms with Crippen LogP contribution in [0.1, 0.15) is 47.6 Å². The Bertz CT molecular complexity index is 929. The molecule has 1 aliphatic carbocycles. The van der Waals surface area contributed by atoms with Crippen LogP contribution < -0.4 is 0 Å². The number of hydrogen-bond acceptors (Lipinski definition) is 3. The number of fused-ring (bicyclic) bond motifs is 1. The molecule has 2 fully saturated rings. The van der Waals surface area contributed by atoms with Crippen LogP contribution in [0, 0.1) is 31.1 Å². The van der Waals surface area contributed by atoms with Crippen LogP contribution in [0.2, 0.25) is 0 Å². The molecule has 2 unspecified atom stereocenters. The van der Waals surface area contributed by atoms with Gasteiger partial charge < -0.3 is 10.0 Å². The van der Waals surface area contributed by atoms with Crippen LogP contribution in [0.5, 0.6) is 0 Å². The molecule has 1 N–H and O–H groups in total. The summed E-state index contributed by atoms with van der Waals surface area (Å²) in [6, 6.07) is 7.54. The fourth-order valence-electron chi connectivity index (χ4n) is 4.75. The average Bonchev–Trinajstić information content (AvgIpc) is 3.01. The highest BCUT2D eigenvalue weighted by Gasteiger charge is 2.62. The van der Waals surface area contributed by atoms with Gasteiger partial charge in [-0.05, 0) is 67.3 Å². The Balaban J connectivity index is 1.49. The topological polar surface area (TPSA) is 75.4 Å². The molecular formula is C22H27N3O3. The zero-order chi connectivity index (χ0) is 20.2. The first-order valence-corrected chi connectivity index (χ1v) is 9.86. The number of amides is 1. The SMILES string of the molecule is Cc1nn(-c2ccc(C(=O)N3CC4C(C3)C4(C)C)cc2)c(C)c1CCC(=O)O. The summed E-state index contributed by atoms with van der Waals surface area (Å²) in [5.41, 5.74) is 4.74. The van der Waals surface area contributed by atoms with E-state index in [2.05, 4.69) is 18.9 Å². The molecule has 1 aromatic carbocycles. The fraction of sp³-hybridized carbons (Fsp3) is 0.500. The second-order valence-corrected chi connectivity index (χ2v) is 8.75. The first kappa shape index (κ1) is 18.7. The molecule has 148 valence electrons. The summed E-state index contributed by atoms with van der Waals surface area (Å²) in [6.45, 7) is 10.2. The van der Waals surface area contributed by atoms with Gasteiger partial charge in [0.05, 0.1) is 11.4 Å². The predicted octanol–water partition coefficient (Wildman–Crippen LogP) is 3.23. The molecule has 2 aliphatic rings. The fourth-order valence-corrected chi connectivity index (χ4v) is 4.75. The summed E-state index contributed by atoms with van der Waals surface area (Å²) < 4.78 is 1.83. The second-order valence-electron chi connectivity index (χ2n) is 8.75.